The number of nitro groups is 1. The molecule has 0 radical (unpaired) electrons. The summed E-state index contributed by atoms with van der Waals surface area (Å²) < 4.78 is 30.5. The largest absolute Gasteiger partial charge is 0.378 e. The van der Waals surface area contributed by atoms with Crippen LogP contribution in [0.1, 0.15) is 11.1 Å². The fourth-order valence-corrected chi connectivity index (χ4v) is 3.60. The molecule has 0 unspecified atom stereocenters. The molecular weight excluding hydrogens is 342 g/mol. The van der Waals surface area contributed by atoms with Crippen molar-refractivity contribution < 1.29 is 17.5 Å². The minimum Gasteiger partial charge on any atom is -0.378 e. The van der Waals surface area contributed by atoms with Gasteiger partial charge in [0.1, 0.15) is 4.90 Å². The Hall–Kier alpha value is -2.93. The normalized spacial score (nSPS) is 11.4. The average molecular weight is 357 g/mol. The molecule has 0 amide bonds. The predicted molar refractivity (Wildman–Crippen MR) is 94.3 cm³/mol. The fraction of sp³-hybridized carbons (Fsp3) is 0.111. The number of non-ortho nitro benzene ring substituents is 1. The first-order valence-electron chi connectivity index (χ1n) is 7.47. The highest BCUT2D eigenvalue weighted by atomic mass is 32.2. The fourth-order valence-electron chi connectivity index (χ4n) is 2.59. The van der Waals surface area contributed by atoms with Crippen molar-refractivity contribution in [3.05, 3.63) is 75.8 Å². The second kappa shape index (κ2) is 6.18. The molecule has 0 bridgehead atoms. The summed E-state index contributed by atoms with van der Waals surface area (Å²) >= 11 is 0. The topological polar surface area (TPSA) is 86.5 Å². The van der Waals surface area contributed by atoms with Crippen LogP contribution in [0.3, 0.4) is 0 Å². The van der Waals surface area contributed by atoms with Crippen molar-refractivity contribution in [2.75, 3.05) is 0 Å². The van der Waals surface area contributed by atoms with Gasteiger partial charge in [-0.3, -0.25) is 10.1 Å². The number of hydrogen-bond acceptors (Lipinski definition) is 5. The summed E-state index contributed by atoms with van der Waals surface area (Å²) in [5, 5.41) is 12.0. The lowest BCUT2D eigenvalue weighted by molar-refractivity contribution is -0.383. The highest BCUT2D eigenvalue weighted by Gasteiger charge is 2.23. The maximum absolute atomic E-state index is 12.6. The van der Waals surface area contributed by atoms with Crippen molar-refractivity contribution in [3.8, 4) is 5.75 Å². The Morgan fingerprint density at radius 1 is 0.960 bits per heavy atom. The lowest BCUT2D eigenvalue weighted by Gasteiger charge is -2.13. The second-order valence-corrected chi connectivity index (χ2v) is 7.24. The molecule has 0 saturated heterocycles. The quantitative estimate of drug-likeness (QED) is 0.398. The molecule has 3 aromatic carbocycles. The van der Waals surface area contributed by atoms with Crippen molar-refractivity contribution in [2.24, 2.45) is 0 Å². The monoisotopic (exact) mass is 357 g/mol. The molecule has 0 N–H and O–H groups in total. The maximum atomic E-state index is 12.6. The van der Waals surface area contributed by atoms with Gasteiger partial charge in [0.2, 0.25) is 0 Å². The van der Waals surface area contributed by atoms with Crippen LogP contribution in [0.5, 0.6) is 5.75 Å². The number of aryl methyl sites for hydroxylation is 2. The van der Waals surface area contributed by atoms with Crippen LogP contribution >= 0.6 is 0 Å². The van der Waals surface area contributed by atoms with Gasteiger partial charge in [0, 0.05) is 17.0 Å². The van der Waals surface area contributed by atoms with E-state index in [0.29, 0.717) is 16.3 Å². The predicted octanol–water partition coefficient (Wildman–Crippen LogP) is 4.13. The van der Waals surface area contributed by atoms with Gasteiger partial charge in [-0.05, 0) is 32.0 Å². The molecule has 0 aliphatic heterocycles. The Morgan fingerprint density at radius 2 is 1.56 bits per heavy atom. The van der Waals surface area contributed by atoms with Gasteiger partial charge in [-0.25, -0.2) is 0 Å². The molecule has 0 aliphatic rings. The van der Waals surface area contributed by atoms with Crippen molar-refractivity contribution in [1.82, 2.24) is 0 Å². The van der Waals surface area contributed by atoms with E-state index in [-0.39, 0.29) is 16.3 Å². The van der Waals surface area contributed by atoms with Crippen molar-refractivity contribution >= 4 is 26.6 Å². The van der Waals surface area contributed by atoms with E-state index in [9.17, 15) is 18.5 Å². The third-order valence-electron chi connectivity index (χ3n) is 3.86. The van der Waals surface area contributed by atoms with Crippen LogP contribution in [0.2, 0.25) is 0 Å². The average Bonchev–Trinajstić information content (AvgIpc) is 2.57. The molecule has 0 saturated carbocycles. The molecule has 0 fully saturated rings. The Kier molecular flexibility index (Phi) is 4.18. The van der Waals surface area contributed by atoms with Gasteiger partial charge in [-0.2, -0.15) is 8.42 Å². The summed E-state index contributed by atoms with van der Waals surface area (Å²) in [5.41, 5.74) is 1.21. The summed E-state index contributed by atoms with van der Waals surface area (Å²) in [5.74, 6) is 0.0989. The molecule has 3 rings (SSSR count). The van der Waals surface area contributed by atoms with Crippen LogP contribution in [0.25, 0.3) is 10.8 Å². The van der Waals surface area contributed by atoms with Crippen molar-refractivity contribution in [2.45, 2.75) is 18.7 Å². The third-order valence-corrected chi connectivity index (χ3v) is 5.09. The van der Waals surface area contributed by atoms with Crippen molar-refractivity contribution in [1.29, 1.82) is 0 Å². The Balaban J connectivity index is 2.16. The SMILES string of the molecule is Cc1ccc(S(=O)(=O)Oc2c(C)cc([N+](=O)[O-])c3ccccc23)cc1. The van der Waals surface area contributed by atoms with Gasteiger partial charge in [0.05, 0.1) is 10.3 Å². The van der Waals surface area contributed by atoms with Crippen LogP contribution in [-0.4, -0.2) is 13.3 Å². The van der Waals surface area contributed by atoms with Crippen molar-refractivity contribution in [3.63, 3.8) is 0 Å². The van der Waals surface area contributed by atoms with Gasteiger partial charge in [-0.15, -0.1) is 0 Å². The second-order valence-electron chi connectivity index (χ2n) is 5.69. The summed E-state index contributed by atoms with van der Waals surface area (Å²) in [6.07, 6.45) is 0. The Bertz CT molecular complexity index is 1070. The molecular formula is C18H15NO5S. The summed E-state index contributed by atoms with van der Waals surface area (Å²) in [6.45, 7) is 3.44. The molecule has 0 aliphatic carbocycles. The number of fused-ring (bicyclic) bond motifs is 1. The van der Waals surface area contributed by atoms with Gasteiger partial charge < -0.3 is 4.18 Å². The Labute approximate surface area is 145 Å². The minimum atomic E-state index is -4.05. The zero-order valence-electron chi connectivity index (χ0n) is 13.6. The van der Waals surface area contributed by atoms with E-state index in [1.807, 2.05) is 6.92 Å². The molecule has 0 atom stereocenters. The molecule has 6 nitrogen and oxygen atoms in total. The first-order valence-corrected chi connectivity index (χ1v) is 8.88. The number of hydrogen-bond donors (Lipinski definition) is 0. The number of benzene rings is 3. The first kappa shape index (κ1) is 16.9. The van der Waals surface area contributed by atoms with Gasteiger partial charge in [0.25, 0.3) is 5.69 Å². The maximum Gasteiger partial charge on any atom is 0.339 e. The van der Waals surface area contributed by atoms with Crippen LogP contribution in [0, 0.1) is 24.0 Å². The van der Waals surface area contributed by atoms with E-state index in [0.717, 1.165) is 5.56 Å². The standard InChI is InChI=1S/C18H15NO5S/c1-12-7-9-14(10-8-12)25(22,23)24-18-13(2)11-17(19(20)21)15-5-3-4-6-16(15)18/h3-11H,1-2H3. The number of nitro benzene ring substituents is 1. The number of rotatable bonds is 4. The number of nitrogens with zero attached hydrogens (tertiary/aromatic N) is 1. The van der Waals surface area contributed by atoms with E-state index in [1.165, 1.54) is 18.2 Å². The minimum absolute atomic E-state index is 0.0277. The highest BCUT2D eigenvalue weighted by molar-refractivity contribution is 7.87. The first-order chi connectivity index (χ1) is 11.8. The van der Waals surface area contributed by atoms with Crippen LogP contribution < -0.4 is 4.18 Å². The zero-order valence-corrected chi connectivity index (χ0v) is 14.4. The molecule has 0 spiro atoms. The molecule has 3 aromatic rings. The van der Waals surface area contributed by atoms with E-state index >= 15 is 0 Å². The molecule has 7 heteroatoms. The highest BCUT2D eigenvalue weighted by Crippen LogP contribution is 2.37. The van der Waals surface area contributed by atoms with E-state index < -0.39 is 15.0 Å². The third kappa shape index (κ3) is 3.18. The summed E-state index contributed by atoms with van der Waals surface area (Å²) in [6, 6.07) is 14.1. The van der Waals surface area contributed by atoms with Gasteiger partial charge in [0.15, 0.2) is 5.75 Å². The molecule has 128 valence electrons. The Morgan fingerprint density at radius 3 is 2.16 bits per heavy atom. The van der Waals surface area contributed by atoms with Crippen LogP contribution in [-0.2, 0) is 10.1 Å². The van der Waals surface area contributed by atoms with E-state index in [2.05, 4.69) is 0 Å². The van der Waals surface area contributed by atoms with Gasteiger partial charge >= 0.3 is 10.1 Å². The zero-order chi connectivity index (χ0) is 18.2. The molecule has 25 heavy (non-hydrogen) atoms. The van der Waals surface area contributed by atoms with E-state index in [1.54, 1.807) is 43.3 Å². The smallest absolute Gasteiger partial charge is 0.339 e. The van der Waals surface area contributed by atoms with Crippen LogP contribution in [0.15, 0.2) is 59.5 Å². The van der Waals surface area contributed by atoms with E-state index in [4.69, 9.17) is 4.18 Å². The summed E-state index contributed by atoms with van der Waals surface area (Å²) in [4.78, 5) is 10.8. The molecule has 0 aromatic heterocycles. The lowest BCUT2D eigenvalue weighted by atomic mass is 10.0. The lowest BCUT2D eigenvalue weighted by Crippen LogP contribution is -2.11. The van der Waals surface area contributed by atoms with Crippen LogP contribution in [0.4, 0.5) is 5.69 Å². The summed E-state index contributed by atoms with van der Waals surface area (Å²) in [7, 11) is -4.05. The molecule has 0 heterocycles. The van der Waals surface area contributed by atoms with Gasteiger partial charge in [-0.1, -0.05) is 35.9 Å².